The van der Waals surface area contributed by atoms with E-state index in [1.807, 2.05) is 13.8 Å². The van der Waals surface area contributed by atoms with Gasteiger partial charge >= 0.3 is 5.97 Å². The average Bonchev–Trinajstić information content (AvgIpc) is 2.37. The van der Waals surface area contributed by atoms with Crippen molar-refractivity contribution in [2.45, 2.75) is 52.2 Å². The standard InChI is InChI=1S/C13H24O4/c1-3-15-12(16-4-2)10-17-13(14)11-8-6-5-7-9-11/h11-12H,3-10H2,1-2H3. The van der Waals surface area contributed by atoms with Gasteiger partial charge < -0.3 is 14.2 Å². The number of esters is 1. The molecule has 0 N–H and O–H groups in total. The van der Waals surface area contributed by atoms with Gasteiger partial charge in [0.2, 0.25) is 0 Å². The number of carbonyl (C=O) groups excluding carboxylic acids is 1. The van der Waals surface area contributed by atoms with Crippen LogP contribution in [0.1, 0.15) is 46.0 Å². The summed E-state index contributed by atoms with van der Waals surface area (Å²) < 4.78 is 15.9. The summed E-state index contributed by atoms with van der Waals surface area (Å²) in [5.41, 5.74) is 0. The van der Waals surface area contributed by atoms with Crippen molar-refractivity contribution in [1.29, 1.82) is 0 Å². The molecule has 1 aliphatic rings. The van der Waals surface area contributed by atoms with Gasteiger partial charge in [0.25, 0.3) is 0 Å². The Bertz CT molecular complexity index is 205. The third-order valence-electron chi connectivity index (χ3n) is 3.01. The van der Waals surface area contributed by atoms with Crippen LogP contribution < -0.4 is 0 Å². The second-order valence-corrected chi connectivity index (χ2v) is 4.31. The van der Waals surface area contributed by atoms with Crippen LogP contribution >= 0.6 is 0 Å². The predicted octanol–water partition coefficient (Wildman–Crippen LogP) is 2.51. The minimum absolute atomic E-state index is 0.0888. The summed E-state index contributed by atoms with van der Waals surface area (Å²) in [5.74, 6) is 0.00163. The zero-order valence-electron chi connectivity index (χ0n) is 10.9. The SMILES string of the molecule is CCOC(COC(=O)C1CCCCC1)OCC. The van der Waals surface area contributed by atoms with Crippen LogP contribution in [0.4, 0.5) is 0 Å². The molecule has 1 rings (SSSR count). The van der Waals surface area contributed by atoms with Gasteiger partial charge in [-0.25, -0.2) is 0 Å². The van der Waals surface area contributed by atoms with Crippen LogP contribution in [0.25, 0.3) is 0 Å². The van der Waals surface area contributed by atoms with E-state index in [9.17, 15) is 4.79 Å². The van der Waals surface area contributed by atoms with Crippen molar-refractivity contribution in [3.05, 3.63) is 0 Å². The molecule has 0 saturated heterocycles. The Morgan fingerprint density at radius 2 is 1.71 bits per heavy atom. The normalized spacial score (nSPS) is 17.4. The molecule has 0 spiro atoms. The van der Waals surface area contributed by atoms with Crippen LogP contribution in [0.5, 0.6) is 0 Å². The van der Waals surface area contributed by atoms with Gasteiger partial charge in [-0.2, -0.15) is 0 Å². The largest absolute Gasteiger partial charge is 0.460 e. The monoisotopic (exact) mass is 244 g/mol. The quantitative estimate of drug-likeness (QED) is 0.510. The highest BCUT2D eigenvalue weighted by atomic mass is 16.7. The van der Waals surface area contributed by atoms with Crippen molar-refractivity contribution in [2.24, 2.45) is 5.92 Å². The predicted molar refractivity (Wildman–Crippen MR) is 64.6 cm³/mol. The maximum Gasteiger partial charge on any atom is 0.309 e. The zero-order chi connectivity index (χ0) is 12.5. The number of rotatable bonds is 7. The first-order valence-electron chi connectivity index (χ1n) is 6.67. The first-order chi connectivity index (χ1) is 8.27. The lowest BCUT2D eigenvalue weighted by molar-refractivity contribution is -0.183. The highest BCUT2D eigenvalue weighted by Gasteiger charge is 2.23. The van der Waals surface area contributed by atoms with E-state index in [1.54, 1.807) is 0 Å². The fraction of sp³-hybridized carbons (Fsp3) is 0.923. The van der Waals surface area contributed by atoms with Gasteiger partial charge in [0.1, 0.15) is 6.61 Å². The van der Waals surface area contributed by atoms with E-state index in [2.05, 4.69) is 0 Å². The Labute approximate surface area is 104 Å². The Hall–Kier alpha value is -0.610. The Morgan fingerprint density at radius 1 is 1.12 bits per heavy atom. The van der Waals surface area contributed by atoms with Crippen molar-refractivity contribution < 1.29 is 19.0 Å². The van der Waals surface area contributed by atoms with Gasteiger partial charge in [0.15, 0.2) is 6.29 Å². The molecule has 0 heterocycles. The number of carbonyl (C=O) groups is 1. The van der Waals surface area contributed by atoms with E-state index in [4.69, 9.17) is 14.2 Å². The lowest BCUT2D eigenvalue weighted by atomic mass is 9.89. The molecule has 0 aromatic carbocycles. The van der Waals surface area contributed by atoms with E-state index >= 15 is 0 Å². The molecule has 0 aromatic rings. The van der Waals surface area contributed by atoms with Crippen LogP contribution in [0, 0.1) is 5.92 Å². The second kappa shape index (κ2) is 8.48. The van der Waals surface area contributed by atoms with Gasteiger partial charge in [-0.1, -0.05) is 19.3 Å². The van der Waals surface area contributed by atoms with Crippen LogP contribution in [0.3, 0.4) is 0 Å². The first-order valence-corrected chi connectivity index (χ1v) is 6.67. The van der Waals surface area contributed by atoms with Crippen LogP contribution in [-0.4, -0.2) is 32.1 Å². The van der Waals surface area contributed by atoms with Gasteiger partial charge in [0, 0.05) is 13.2 Å². The fourth-order valence-electron chi connectivity index (χ4n) is 2.12. The number of hydrogen-bond donors (Lipinski definition) is 0. The van der Waals surface area contributed by atoms with Gasteiger partial charge in [-0.3, -0.25) is 4.79 Å². The third kappa shape index (κ3) is 5.50. The highest BCUT2D eigenvalue weighted by molar-refractivity contribution is 5.72. The Balaban J connectivity index is 2.24. The van der Waals surface area contributed by atoms with E-state index < -0.39 is 6.29 Å². The van der Waals surface area contributed by atoms with Crippen molar-refractivity contribution in [1.82, 2.24) is 0 Å². The molecule has 4 nitrogen and oxygen atoms in total. The topological polar surface area (TPSA) is 44.8 Å². The summed E-state index contributed by atoms with van der Waals surface area (Å²) in [4.78, 5) is 11.8. The Kier molecular flexibility index (Phi) is 7.21. The smallest absolute Gasteiger partial charge is 0.309 e. The third-order valence-corrected chi connectivity index (χ3v) is 3.01. The molecule has 0 atom stereocenters. The molecule has 0 bridgehead atoms. The van der Waals surface area contributed by atoms with Crippen LogP contribution in [-0.2, 0) is 19.0 Å². The molecule has 17 heavy (non-hydrogen) atoms. The summed E-state index contributed by atoms with van der Waals surface area (Å²) in [5, 5.41) is 0. The van der Waals surface area contributed by atoms with E-state index in [0.717, 1.165) is 25.7 Å². The molecule has 1 fully saturated rings. The molecule has 0 radical (unpaired) electrons. The van der Waals surface area contributed by atoms with Crippen LogP contribution in [0.15, 0.2) is 0 Å². The molecule has 1 saturated carbocycles. The van der Waals surface area contributed by atoms with Gasteiger partial charge in [-0.15, -0.1) is 0 Å². The summed E-state index contributed by atoms with van der Waals surface area (Å²) in [7, 11) is 0. The lowest BCUT2D eigenvalue weighted by Gasteiger charge is -2.22. The average molecular weight is 244 g/mol. The minimum Gasteiger partial charge on any atom is -0.460 e. The second-order valence-electron chi connectivity index (χ2n) is 4.31. The molecule has 100 valence electrons. The lowest BCUT2D eigenvalue weighted by Crippen LogP contribution is -2.28. The maximum absolute atomic E-state index is 11.8. The van der Waals surface area contributed by atoms with Crippen LogP contribution in [0.2, 0.25) is 0 Å². The van der Waals surface area contributed by atoms with E-state index in [0.29, 0.717) is 13.2 Å². The molecule has 1 aliphatic carbocycles. The summed E-state index contributed by atoms with van der Waals surface area (Å²) in [6, 6.07) is 0. The van der Waals surface area contributed by atoms with E-state index in [-0.39, 0.29) is 18.5 Å². The van der Waals surface area contributed by atoms with E-state index in [1.165, 1.54) is 6.42 Å². The molecule has 0 amide bonds. The molecular formula is C13H24O4. The van der Waals surface area contributed by atoms with Crippen molar-refractivity contribution in [3.63, 3.8) is 0 Å². The molecule has 0 aliphatic heterocycles. The first kappa shape index (κ1) is 14.5. The molecule has 0 unspecified atom stereocenters. The molecular weight excluding hydrogens is 220 g/mol. The molecule has 4 heteroatoms. The van der Waals surface area contributed by atoms with Crippen molar-refractivity contribution in [3.8, 4) is 0 Å². The fourth-order valence-corrected chi connectivity index (χ4v) is 2.12. The highest BCUT2D eigenvalue weighted by Crippen LogP contribution is 2.24. The summed E-state index contributed by atoms with van der Waals surface area (Å²) in [6.45, 7) is 5.12. The summed E-state index contributed by atoms with van der Waals surface area (Å²) >= 11 is 0. The van der Waals surface area contributed by atoms with Crippen molar-refractivity contribution in [2.75, 3.05) is 19.8 Å². The number of hydrogen-bond acceptors (Lipinski definition) is 4. The van der Waals surface area contributed by atoms with Crippen molar-refractivity contribution >= 4 is 5.97 Å². The Morgan fingerprint density at radius 3 is 2.24 bits per heavy atom. The van der Waals surface area contributed by atoms with Gasteiger partial charge in [-0.05, 0) is 26.7 Å². The summed E-state index contributed by atoms with van der Waals surface area (Å²) in [6.07, 6.45) is 5.03. The number of ether oxygens (including phenoxy) is 3. The maximum atomic E-state index is 11.8. The minimum atomic E-state index is -0.419. The van der Waals surface area contributed by atoms with Gasteiger partial charge in [0.05, 0.1) is 5.92 Å². The zero-order valence-corrected chi connectivity index (χ0v) is 10.9. The molecule has 0 aromatic heterocycles.